The Morgan fingerprint density at radius 3 is 2.71 bits per heavy atom. The van der Waals surface area contributed by atoms with Crippen molar-refractivity contribution < 1.29 is 19.1 Å². The molecule has 6 heteroatoms. The number of fused-ring (bicyclic) bond motifs is 2. The number of carboxylic acid groups (broad SMARTS) is 1. The molecule has 1 N–H and O–H groups in total. The fourth-order valence-electron chi connectivity index (χ4n) is 2.47. The van der Waals surface area contributed by atoms with E-state index in [1.807, 2.05) is 19.2 Å². The summed E-state index contributed by atoms with van der Waals surface area (Å²) in [5.74, 6) is -0.554. The first-order valence-corrected chi connectivity index (χ1v) is 8.72. The van der Waals surface area contributed by atoms with Gasteiger partial charge in [0, 0.05) is 4.90 Å². The highest BCUT2D eigenvalue weighted by Crippen LogP contribution is 2.32. The molecule has 1 aromatic heterocycles. The van der Waals surface area contributed by atoms with Crippen molar-refractivity contribution in [3.63, 3.8) is 0 Å². The highest BCUT2D eigenvalue weighted by molar-refractivity contribution is 7.98. The fraction of sp³-hybridized carbons (Fsp3) is 0.222. The lowest BCUT2D eigenvalue weighted by atomic mass is 10.1. The Kier molecular flexibility index (Phi) is 4.49. The third kappa shape index (κ3) is 2.85. The van der Waals surface area contributed by atoms with Gasteiger partial charge < -0.3 is 14.3 Å². The quantitative estimate of drug-likeness (QED) is 0.553. The first kappa shape index (κ1) is 16.4. The molecule has 24 heavy (non-hydrogen) atoms. The zero-order valence-electron chi connectivity index (χ0n) is 13.3. The zero-order chi connectivity index (χ0) is 17.3. The Labute approximate surface area is 142 Å². The van der Waals surface area contributed by atoms with Gasteiger partial charge in [-0.2, -0.15) is 0 Å². The minimum absolute atomic E-state index is 0.0534. The van der Waals surface area contributed by atoms with Gasteiger partial charge in [0.25, 0.3) is 0 Å². The number of aromatic carboxylic acids is 1. The highest BCUT2D eigenvalue weighted by Gasteiger charge is 2.15. The molecule has 1 heterocycles. The van der Waals surface area contributed by atoms with Crippen LogP contribution >= 0.6 is 11.8 Å². The van der Waals surface area contributed by atoms with E-state index in [4.69, 9.17) is 14.3 Å². The minimum Gasteiger partial charge on any atom is -0.490 e. The Bertz CT molecular complexity index is 990. The average molecular weight is 344 g/mol. The molecule has 3 aromatic rings. The Balaban J connectivity index is 2.35. The summed E-state index contributed by atoms with van der Waals surface area (Å²) in [6.07, 6.45) is 2.75. The molecule has 3 rings (SSSR count). The molecule has 0 aliphatic heterocycles. The molecule has 124 valence electrons. The van der Waals surface area contributed by atoms with Gasteiger partial charge in [0.1, 0.15) is 5.58 Å². The van der Waals surface area contributed by atoms with Gasteiger partial charge in [0.15, 0.2) is 11.3 Å². The lowest BCUT2D eigenvalue weighted by Gasteiger charge is -2.10. The van der Waals surface area contributed by atoms with E-state index in [1.54, 1.807) is 6.07 Å². The van der Waals surface area contributed by atoms with E-state index in [2.05, 4.69) is 0 Å². The summed E-state index contributed by atoms with van der Waals surface area (Å²) in [5, 5.41) is 9.76. The SMILES string of the molecule is CCCOc1cc(SC)cc2c(=O)c3cc(C(=O)O)ccc3oc12. The standard InChI is InChI=1S/C18H16O5S/c1-3-6-22-15-9-11(24-2)8-13-16(19)12-7-10(18(20)21)4-5-14(12)23-17(13)15/h4-5,7-9H,3,6H2,1-2H3,(H,20,21). The maximum absolute atomic E-state index is 12.8. The van der Waals surface area contributed by atoms with Crippen LogP contribution in [0, 0.1) is 0 Å². The summed E-state index contributed by atoms with van der Waals surface area (Å²) >= 11 is 1.50. The second kappa shape index (κ2) is 6.57. The largest absolute Gasteiger partial charge is 0.490 e. The van der Waals surface area contributed by atoms with Crippen LogP contribution in [0.2, 0.25) is 0 Å². The van der Waals surface area contributed by atoms with Gasteiger partial charge in [-0.3, -0.25) is 4.79 Å². The van der Waals surface area contributed by atoms with Crippen LogP contribution in [-0.4, -0.2) is 23.9 Å². The molecule has 0 aliphatic carbocycles. The van der Waals surface area contributed by atoms with Crippen molar-refractivity contribution in [3.05, 3.63) is 46.1 Å². The predicted molar refractivity (Wildman–Crippen MR) is 94.5 cm³/mol. The zero-order valence-corrected chi connectivity index (χ0v) is 14.1. The van der Waals surface area contributed by atoms with E-state index < -0.39 is 5.97 Å². The molecule has 0 saturated heterocycles. The molecule has 0 bridgehead atoms. The molecular weight excluding hydrogens is 328 g/mol. The van der Waals surface area contributed by atoms with Gasteiger partial charge in [-0.15, -0.1) is 11.8 Å². The maximum atomic E-state index is 12.8. The number of carboxylic acids is 1. The summed E-state index contributed by atoms with van der Waals surface area (Å²) in [7, 11) is 0. The van der Waals surface area contributed by atoms with Crippen LogP contribution in [0.5, 0.6) is 5.75 Å². The lowest BCUT2D eigenvalue weighted by Crippen LogP contribution is -2.06. The van der Waals surface area contributed by atoms with Crippen molar-refractivity contribution in [2.75, 3.05) is 12.9 Å². The van der Waals surface area contributed by atoms with Crippen LogP contribution < -0.4 is 10.2 Å². The molecule has 0 aliphatic rings. The number of hydrogen-bond acceptors (Lipinski definition) is 5. The van der Waals surface area contributed by atoms with Crippen LogP contribution in [0.4, 0.5) is 0 Å². The van der Waals surface area contributed by atoms with Gasteiger partial charge in [-0.25, -0.2) is 4.79 Å². The predicted octanol–water partition coefficient (Wildman–Crippen LogP) is 4.16. The number of rotatable bonds is 5. The van der Waals surface area contributed by atoms with E-state index in [0.29, 0.717) is 28.9 Å². The summed E-state index contributed by atoms with van der Waals surface area (Å²) < 4.78 is 11.6. The summed E-state index contributed by atoms with van der Waals surface area (Å²) in [4.78, 5) is 24.9. The number of carbonyl (C=O) groups is 1. The summed E-state index contributed by atoms with van der Waals surface area (Å²) in [6.45, 7) is 2.52. The third-order valence-electron chi connectivity index (χ3n) is 3.65. The third-order valence-corrected chi connectivity index (χ3v) is 4.36. The molecule has 0 atom stereocenters. The van der Waals surface area contributed by atoms with E-state index in [0.717, 1.165) is 11.3 Å². The van der Waals surface area contributed by atoms with E-state index in [1.165, 1.54) is 30.0 Å². The van der Waals surface area contributed by atoms with E-state index >= 15 is 0 Å². The van der Waals surface area contributed by atoms with E-state index in [-0.39, 0.29) is 16.4 Å². The van der Waals surface area contributed by atoms with Crippen molar-refractivity contribution in [1.29, 1.82) is 0 Å². The number of ether oxygens (including phenoxy) is 1. The van der Waals surface area contributed by atoms with Gasteiger partial charge in [-0.1, -0.05) is 6.92 Å². The van der Waals surface area contributed by atoms with Crippen molar-refractivity contribution in [2.24, 2.45) is 0 Å². The topological polar surface area (TPSA) is 76.7 Å². The van der Waals surface area contributed by atoms with Crippen LogP contribution in [0.1, 0.15) is 23.7 Å². The van der Waals surface area contributed by atoms with Crippen molar-refractivity contribution in [3.8, 4) is 5.75 Å². The van der Waals surface area contributed by atoms with Crippen molar-refractivity contribution >= 4 is 39.7 Å². The molecule has 0 spiro atoms. The van der Waals surface area contributed by atoms with Gasteiger partial charge in [0.05, 0.1) is 22.9 Å². The second-order valence-electron chi connectivity index (χ2n) is 5.30. The number of hydrogen-bond donors (Lipinski definition) is 1. The van der Waals surface area contributed by atoms with Gasteiger partial charge >= 0.3 is 5.97 Å². The number of benzene rings is 2. The molecule has 2 aromatic carbocycles. The van der Waals surface area contributed by atoms with Crippen molar-refractivity contribution in [1.82, 2.24) is 0 Å². The first-order chi connectivity index (χ1) is 11.5. The van der Waals surface area contributed by atoms with Crippen LogP contribution in [0.25, 0.3) is 21.9 Å². The monoisotopic (exact) mass is 344 g/mol. The molecule has 0 saturated carbocycles. The lowest BCUT2D eigenvalue weighted by molar-refractivity contribution is 0.0697. The van der Waals surface area contributed by atoms with E-state index in [9.17, 15) is 9.59 Å². The Morgan fingerprint density at radius 1 is 1.25 bits per heavy atom. The maximum Gasteiger partial charge on any atom is 0.335 e. The average Bonchev–Trinajstić information content (AvgIpc) is 2.59. The normalized spacial score (nSPS) is 11.1. The molecule has 0 fully saturated rings. The first-order valence-electron chi connectivity index (χ1n) is 7.50. The minimum atomic E-state index is -1.08. The Hall–Kier alpha value is -2.47. The van der Waals surface area contributed by atoms with Crippen molar-refractivity contribution in [2.45, 2.75) is 18.2 Å². The molecule has 0 amide bonds. The molecular formula is C18H16O5S. The fourth-order valence-corrected chi connectivity index (χ4v) is 2.93. The Morgan fingerprint density at radius 2 is 2.04 bits per heavy atom. The summed E-state index contributed by atoms with van der Waals surface area (Å²) in [6, 6.07) is 7.87. The van der Waals surface area contributed by atoms with Crippen LogP contribution in [-0.2, 0) is 0 Å². The highest BCUT2D eigenvalue weighted by atomic mass is 32.2. The van der Waals surface area contributed by atoms with Crippen LogP contribution in [0.15, 0.2) is 44.4 Å². The molecule has 0 radical (unpaired) electrons. The summed E-state index contributed by atoms with van der Waals surface area (Å²) in [5.41, 5.74) is 0.529. The second-order valence-corrected chi connectivity index (χ2v) is 6.18. The molecule has 5 nitrogen and oxygen atoms in total. The van der Waals surface area contributed by atoms with Gasteiger partial charge in [-0.05, 0) is 43.0 Å². The molecule has 0 unspecified atom stereocenters. The van der Waals surface area contributed by atoms with Crippen LogP contribution in [0.3, 0.4) is 0 Å². The van der Waals surface area contributed by atoms with Gasteiger partial charge in [0.2, 0.25) is 5.43 Å². The smallest absolute Gasteiger partial charge is 0.335 e. The number of thioether (sulfide) groups is 1.